The molecule has 78 valence electrons. The normalized spacial score (nSPS) is 10.5. The van der Waals surface area contributed by atoms with E-state index in [1.807, 2.05) is 0 Å². The number of carbonyl (C=O) groups is 1. The Morgan fingerprint density at radius 1 is 1.53 bits per heavy atom. The predicted octanol–water partition coefficient (Wildman–Crippen LogP) is 1.41. The van der Waals surface area contributed by atoms with E-state index in [9.17, 15) is 9.18 Å². The van der Waals surface area contributed by atoms with E-state index in [2.05, 4.69) is 4.98 Å². The molecule has 1 heterocycles. The number of primary amides is 1. The van der Waals surface area contributed by atoms with Crippen molar-refractivity contribution in [3.8, 4) is 5.75 Å². The van der Waals surface area contributed by atoms with Gasteiger partial charge in [0.2, 0.25) is 0 Å². The van der Waals surface area contributed by atoms with Crippen molar-refractivity contribution in [2.45, 2.75) is 0 Å². The van der Waals surface area contributed by atoms with Gasteiger partial charge < -0.3 is 15.5 Å². The van der Waals surface area contributed by atoms with Crippen molar-refractivity contribution in [2.24, 2.45) is 5.73 Å². The Kier molecular flexibility index (Phi) is 2.07. The number of halogens is 1. The number of nitrogens with one attached hydrogen (secondary N) is 1. The number of ether oxygens (including phenoxy) is 1. The SMILES string of the molecule is COc1cccc2[nH]c(C(N)=O)c(F)c12. The summed E-state index contributed by atoms with van der Waals surface area (Å²) in [6.07, 6.45) is 0. The van der Waals surface area contributed by atoms with E-state index in [-0.39, 0.29) is 11.1 Å². The molecule has 0 spiro atoms. The van der Waals surface area contributed by atoms with Crippen LogP contribution in [0.4, 0.5) is 4.39 Å². The minimum Gasteiger partial charge on any atom is -0.496 e. The fraction of sp³-hybridized carbons (Fsp3) is 0.100. The van der Waals surface area contributed by atoms with Crippen molar-refractivity contribution in [1.82, 2.24) is 4.98 Å². The van der Waals surface area contributed by atoms with Gasteiger partial charge in [-0.2, -0.15) is 0 Å². The summed E-state index contributed by atoms with van der Waals surface area (Å²) < 4.78 is 18.7. The monoisotopic (exact) mass is 208 g/mol. The van der Waals surface area contributed by atoms with Gasteiger partial charge in [0.15, 0.2) is 5.82 Å². The zero-order valence-electron chi connectivity index (χ0n) is 8.00. The molecule has 0 atom stereocenters. The van der Waals surface area contributed by atoms with Gasteiger partial charge in [0.1, 0.15) is 11.4 Å². The van der Waals surface area contributed by atoms with Gasteiger partial charge in [-0.25, -0.2) is 4.39 Å². The third-order valence-corrected chi connectivity index (χ3v) is 2.19. The molecule has 1 aromatic carbocycles. The van der Waals surface area contributed by atoms with E-state index in [0.717, 1.165) is 0 Å². The maximum Gasteiger partial charge on any atom is 0.268 e. The third kappa shape index (κ3) is 1.32. The van der Waals surface area contributed by atoms with Crippen molar-refractivity contribution in [1.29, 1.82) is 0 Å². The summed E-state index contributed by atoms with van der Waals surface area (Å²) >= 11 is 0. The first-order valence-electron chi connectivity index (χ1n) is 4.29. The second-order valence-electron chi connectivity index (χ2n) is 3.06. The molecule has 0 bridgehead atoms. The van der Waals surface area contributed by atoms with Gasteiger partial charge in [-0.15, -0.1) is 0 Å². The molecule has 4 nitrogen and oxygen atoms in total. The molecule has 3 N–H and O–H groups in total. The van der Waals surface area contributed by atoms with E-state index in [4.69, 9.17) is 10.5 Å². The molecule has 0 aliphatic carbocycles. The van der Waals surface area contributed by atoms with Crippen LogP contribution < -0.4 is 10.5 Å². The second kappa shape index (κ2) is 3.27. The highest BCUT2D eigenvalue weighted by Gasteiger charge is 2.18. The van der Waals surface area contributed by atoms with Crippen LogP contribution in [0, 0.1) is 5.82 Å². The molecule has 0 radical (unpaired) electrons. The van der Waals surface area contributed by atoms with Crippen LogP contribution in [0.15, 0.2) is 18.2 Å². The van der Waals surface area contributed by atoms with Crippen LogP contribution in [-0.2, 0) is 0 Å². The maximum absolute atomic E-state index is 13.7. The number of amides is 1. The smallest absolute Gasteiger partial charge is 0.268 e. The topological polar surface area (TPSA) is 68.1 Å². The molecular formula is C10H9FN2O2. The molecule has 2 aromatic rings. The average Bonchev–Trinajstić information content (AvgIpc) is 2.56. The van der Waals surface area contributed by atoms with Crippen molar-refractivity contribution in [2.75, 3.05) is 7.11 Å². The van der Waals surface area contributed by atoms with E-state index >= 15 is 0 Å². The highest BCUT2D eigenvalue weighted by molar-refractivity contribution is 5.99. The standard InChI is InChI=1S/C10H9FN2O2/c1-15-6-4-2-3-5-7(6)8(11)9(13-5)10(12)14/h2-4,13H,1H3,(H2,12,14). The molecule has 1 amide bonds. The number of aromatic nitrogens is 1. The quantitative estimate of drug-likeness (QED) is 0.783. The Morgan fingerprint density at radius 2 is 2.27 bits per heavy atom. The van der Waals surface area contributed by atoms with E-state index < -0.39 is 11.7 Å². The average molecular weight is 208 g/mol. The van der Waals surface area contributed by atoms with Crippen LogP contribution in [0.3, 0.4) is 0 Å². The molecule has 0 fully saturated rings. The zero-order valence-corrected chi connectivity index (χ0v) is 8.00. The van der Waals surface area contributed by atoms with Crippen LogP contribution in [0.2, 0.25) is 0 Å². The molecule has 0 aliphatic rings. The summed E-state index contributed by atoms with van der Waals surface area (Å²) in [5.74, 6) is -1.13. The Morgan fingerprint density at radius 3 is 2.87 bits per heavy atom. The number of aromatic amines is 1. The van der Waals surface area contributed by atoms with Crippen LogP contribution >= 0.6 is 0 Å². The van der Waals surface area contributed by atoms with Gasteiger partial charge in [0.25, 0.3) is 5.91 Å². The first-order valence-corrected chi connectivity index (χ1v) is 4.29. The molecule has 2 rings (SSSR count). The van der Waals surface area contributed by atoms with Crippen LogP contribution in [0.5, 0.6) is 5.75 Å². The molecule has 15 heavy (non-hydrogen) atoms. The van der Waals surface area contributed by atoms with Gasteiger partial charge in [0.05, 0.1) is 18.0 Å². The molecule has 1 aromatic heterocycles. The van der Waals surface area contributed by atoms with Gasteiger partial charge in [-0.05, 0) is 12.1 Å². The van der Waals surface area contributed by atoms with E-state index in [0.29, 0.717) is 11.3 Å². The van der Waals surface area contributed by atoms with Crippen molar-refractivity contribution < 1.29 is 13.9 Å². The van der Waals surface area contributed by atoms with Gasteiger partial charge in [0, 0.05) is 0 Å². The Balaban J connectivity index is 2.82. The molecule has 0 saturated heterocycles. The fourth-order valence-corrected chi connectivity index (χ4v) is 1.52. The number of hydrogen-bond acceptors (Lipinski definition) is 2. The highest BCUT2D eigenvalue weighted by Crippen LogP contribution is 2.29. The lowest BCUT2D eigenvalue weighted by atomic mass is 10.2. The van der Waals surface area contributed by atoms with Crippen molar-refractivity contribution in [3.05, 3.63) is 29.7 Å². The highest BCUT2D eigenvalue weighted by atomic mass is 19.1. The first kappa shape index (κ1) is 9.51. The predicted molar refractivity (Wildman–Crippen MR) is 53.3 cm³/mol. The molecular weight excluding hydrogens is 199 g/mol. The molecule has 5 heteroatoms. The summed E-state index contributed by atoms with van der Waals surface area (Å²) in [6.45, 7) is 0. The number of carbonyl (C=O) groups excluding carboxylic acids is 1. The minimum absolute atomic E-state index is 0.227. The molecule has 0 saturated carbocycles. The van der Waals surface area contributed by atoms with Gasteiger partial charge >= 0.3 is 0 Å². The third-order valence-electron chi connectivity index (χ3n) is 2.19. The summed E-state index contributed by atoms with van der Waals surface area (Å²) in [7, 11) is 1.44. The molecule has 0 aliphatic heterocycles. The Hall–Kier alpha value is -2.04. The number of nitrogens with two attached hydrogens (primary N) is 1. The van der Waals surface area contributed by atoms with Crippen molar-refractivity contribution >= 4 is 16.8 Å². The lowest BCUT2D eigenvalue weighted by Crippen LogP contribution is -2.12. The zero-order chi connectivity index (χ0) is 11.0. The van der Waals surface area contributed by atoms with Gasteiger partial charge in [-0.1, -0.05) is 6.07 Å². The Labute approximate surface area is 84.8 Å². The lowest BCUT2D eigenvalue weighted by Gasteiger charge is -2.00. The maximum atomic E-state index is 13.7. The number of hydrogen-bond donors (Lipinski definition) is 2. The van der Waals surface area contributed by atoms with E-state index in [1.54, 1.807) is 18.2 Å². The van der Waals surface area contributed by atoms with E-state index in [1.165, 1.54) is 7.11 Å². The van der Waals surface area contributed by atoms with Crippen LogP contribution in [0.1, 0.15) is 10.5 Å². The largest absolute Gasteiger partial charge is 0.496 e. The summed E-state index contributed by atoms with van der Waals surface area (Å²) in [6, 6.07) is 4.96. The molecule has 0 unspecified atom stereocenters. The summed E-state index contributed by atoms with van der Waals surface area (Å²) in [5.41, 5.74) is 5.28. The number of H-pyrrole nitrogens is 1. The van der Waals surface area contributed by atoms with Crippen molar-refractivity contribution in [3.63, 3.8) is 0 Å². The van der Waals surface area contributed by atoms with Crippen LogP contribution in [0.25, 0.3) is 10.9 Å². The fourth-order valence-electron chi connectivity index (χ4n) is 1.52. The second-order valence-corrected chi connectivity index (χ2v) is 3.06. The number of methoxy groups -OCH3 is 1. The Bertz CT molecular complexity index is 533. The summed E-state index contributed by atoms with van der Waals surface area (Å²) in [4.78, 5) is 13.5. The first-order chi connectivity index (χ1) is 7.15. The lowest BCUT2D eigenvalue weighted by molar-refractivity contribution is 0.0992. The number of benzene rings is 1. The van der Waals surface area contributed by atoms with Gasteiger partial charge in [-0.3, -0.25) is 4.79 Å². The summed E-state index contributed by atoms with van der Waals surface area (Å²) in [5, 5.41) is 0.244. The minimum atomic E-state index is -0.828. The van der Waals surface area contributed by atoms with Crippen LogP contribution in [-0.4, -0.2) is 18.0 Å². The number of fused-ring (bicyclic) bond motifs is 1. The number of rotatable bonds is 2.